The molecule has 0 aliphatic carbocycles. The van der Waals surface area contributed by atoms with Crippen molar-refractivity contribution >= 4 is 32.7 Å². The minimum Gasteiger partial charge on any atom is -0.382 e. The topological polar surface area (TPSA) is 29.9 Å². The minimum atomic E-state index is 0.871. The van der Waals surface area contributed by atoms with E-state index in [0.29, 0.717) is 0 Å². The Bertz CT molecular complexity index is 749. The molecule has 0 amide bonds. The van der Waals surface area contributed by atoms with Crippen LogP contribution in [-0.4, -0.2) is 16.1 Å². The van der Waals surface area contributed by atoms with Crippen LogP contribution in [0.3, 0.4) is 0 Å². The number of hydrogen-bond acceptors (Lipinski definition) is 2. The van der Waals surface area contributed by atoms with Crippen molar-refractivity contribution in [3.05, 3.63) is 58.8 Å². The molecule has 1 aromatic heterocycles. The third-order valence-electron chi connectivity index (χ3n) is 3.57. The highest BCUT2D eigenvalue weighted by Gasteiger charge is 2.08. The van der Waals surface area contributed by atoms with Gasteiger partial charge in [0.15, 0.2) is 0 Å². The van der Waals surface area contributed by atoms with Gasteiger partial charge in [-0.2, -0.15) is 0 Å². The second-order valence-electron chi connectivity index (χ2n) is 4.93. The zero-order chi connectivity index (χ0) is 14.7. The van der Waals surface area contributed by atoms with E-state index in [-0.39, 0.29) is 0 Å². The van der Waals surface area contributed by atoms with Gasteiger partial charge in [-0.25, -0.2) is 4.98 Å². The number of rotatable bonds is 5. The fourth-order valence-electron chi connectivity index (χ4n) is 2.55. The highest BCUT2D eigenvalue weighted by atomic mass is 79.9. The number of fused-ring (bicyclic) bond motifs is 1. The fraction of sp³-hybridized carbons (Fsp3) is 0.235. The maximum atomic E-state index is 4.70. The van der Waals surface area contributed by atoms with Crippen molar-refractivity contribution in [2.24, 2.45) is 0 Å². The van der Waals surface area contributed by atoms with E-state index < -0.39 is 0 Å². The molecule has 1 heterocycles. The molecule has 2 aromatic carbocycles. The lowest BCUT2D eigenvalue weighted by Crippen LogP contribution is -2.12. The highest BCUT2D eigenvalue weighted by Crippen LogP contribution is 2.21. The van der Waals surface area contributed by atoms with Crippen LogP contribution >= 0.6 is 15.9 Å². The first kappa shape index (κ1) is 14.1. The van der Waals surface area contributed by atoms with Gasteiger partial charge >= 0.3 is 0 Å². The van der Waals surface area contributed by atoms with Gasteiger partial charge in [0.05, 0.1) is 11.0 Å². The molecule has 1 N–H and O–H groups in total. The molecule has 21 heavy (non-hydrogen) atoms. The SMILES string of the molecule is CCc1nc2ccccc2n1CCNc1ccccc1Br. The van der Waals surface area contributed by atoms with Crippen molar-refractivity contribution in [3.63, 3.8) is 0 Å². The highest BCUT2D eigenvalue weighted by molar-refractivity contribution is 9.10. The number of para-hydroxylation sites is 3. The molecule has 0 atom stereocenters. The van der Waals surface area contributed by atoms with E-state index in [1.54, 1.807) is 0 Å². The molecule has 4 heteroatoms. The van der Waals surface area contributed by atoms with Crippen molar-refractivity contribution in [1.29, 1.82) is 0 Å². The molecule has 3 rings (SSSR count). The molecule has 3 aromatic rings. The second-order valence-corrected chi connectivity index (χ2v) is 5.78. The Kier molecular flexibility index (Phi) is 4.25. The van der Waals surface area contributed by atoms with Crippen molar-refractivity contribution in [3.8, 4) is 0 Å². The molecule has 0 unspecified atom stereocenters. The van der Waals surface area contributed by atoms with Crippen LogP contribution in [0.4, 0.5) is 5.69 Å². The number of nitrogens with zero attached hydrogens (tertiary/aromatic N) is 2. The first-order valence-electron chi connectivity index (χ1n) is 7.22. The number of imidazole rings is 1. The molecule has 108 valence electrons. The fourth-order valence-corrected chi connectivity index (χ4v) is 2.98. The van der Waals surface area contributed by atoms with Crippen LogP contribution in [-0.2, 0) is 13.0 Å². The van der Waals surface area contributed by atoms with Gasteiger partial charge < -0.3 is 9.88 Å². The third kappa shape index (κ3) is 2.95. The second kappa shape index (κ2) is 6.31. The van der Waals surface area contributed by atoms with Crippen molar-refractivity contribution in [2.45, 2.75) is 19.9 Å². The predicted octanol–water partition coefficient (Wildman–Crippen LogP) is 4.47. The van der Waals surface area contributed by atoms with Crippen LogP contribution in [0.15, 0.2) is 53.0 Å². The lowest BCUT2D eigenvalue weighted by atomic mass is 10.3. The summed E-state index contributed by atoms with van der Waals surface area (Å²) in [5.74, 6) is 1.14. The molecule has 0 fully saturated rings. The maximum Gasteiger partial charge on any atom is 0.109 e. The van der Waals surface area contributed by atoms with E-state index in [9.17, 15) is 0 Å². The molecule has 0 aliphatic rings. The molecule has 0 aliphatic heterocycles. The van der Waals surface area contributed by atoms with Crippen LogP contribution in [0.25, 0.3) is 11.0 Å². The molecule has 0 saturated heterocycles. The van der Waals surface area contributed by atoms with Crippen LogP contribution in [0.2, 0.25) is 0 Å². The van der Waals surface area contributed by atoms with E-state index in [1.807, 2.05) is 24.3 Å². The smallest absolute Gasteiger partial charge is 0.109 e. The number of benzene rings is 2. The van der Waals surface area contributed by atoms with Crippen molar-refractivity contribution < 1.29 is 0 Å². The number of anilines is 1. The summed E-state index contributed by atoms with van der Waals surface area (Å²) in [4.78, 5) is 4.70. The Labute approximate surface area is 133 Å². The summed E-state index contributed by atoms with van der Waals surface area (Å²) < 4.78 is 3.40. The first-order chi connectivity index (χ1) is 10.3. The van der Waals surface area contributed by atoms with Gasteiger partial charge in [0.1, 0.15) is 5.82 Å². The van der Waals surface area contributed by atoms with Crippen LogP contribution < -0.4 is 5.32 Å². The zero-order valence-corrected chi connectivity index (χ0v) is 13.6. The Morgan fingerprint density at radius 2 is 1.86 bits per heavy atom. The summed E-state index contributed by atoms with van der Waals surface area (Å²) in [5.41, 5.74) is 3.42. The van der Waals surface area contributed by atoms with Gasteiger partial charge in [0.25, 0.3) is 0 Å². The summed E-state index contributed by atoms with van der Waals surface area (Å²) >= 11 is 3.56. The lowest BCUT2D eigenvalue weighted by molar-refractivity contribution is 0.699. The van der Waals surface area contributed by atoms with E-state index in [2.05, 4.69) is 57.0 Å². The molecule has 0 spiro atoms. The maximum absolute atomic E-state index is 4.70. The van der Waals surface area contributed by atoms with E-state index in [4.69, 9.17) is 4.98 Å². The van der Waals surface area contributed by atoms with Gasteiger partial charge in [-0.3, -0.25) is 0 Å². The molecule has 0 bridgehead atoms. The number of aromatic nitrogens is 2. The summed E-state index contributed by atoms with van der Waals surface area (Å²) in [6, 6.07) is 16.5. The van der Waals surface area contributed by atoms with E-state index in [1.165, 1.54) is 5.52 Å². The van der Waals surface area contributed by atoms with Gasteiger partial charge in [0.2, 0.25) is 0 Å². The summed E-state index contributed by atoms with van der Waals surface area (Å²) in [6.45, 7) is 3.93. The predicted molar refractivity (Wildman–Crippen MR) is 91.7 cm³/mol. The molecule has 0 radical (unpaired) electrons. The summed E-state index contributed by atoms with van der Waals surface area (Å²) in [5, 5.41) is 3.47. The van der Waals surface area contributed by atoms with E-state index in [0.717, 1.165) is 41.0 Å². The number of halogens is 1. The minimum absolute atomic E-state index is 0.871. The Balaban J connectivity index is 1.77. The van der Waals surface area contributed by atoms with Crippen LogP contribution in [0.1, 0.15) is 12.7 Å². The van der Waals surface area contributed by atoms with Gasteiger partial charge in [-0.05, 0) is 40.2 Å². The number of hydrogen-bond donors (Lipinski definition) is 1. The Morgan fingerprint density at radius 3 is 2.67 bits per heavy atom. The van der Waals surface area contributed by atoms with Gasteiger partial charge in [0, 0.05) is 29.7 Å². The largest absolute Gasteiger partial charge is 0.382 e. The molecular formula is C17H18BrN3. The lowest BCUT2D eigenvalue weighted by Gasteiger charge is -2.11. The van der Waals surface area contributed by atoms with Crippen LogP contribution in [0.5, 0.6) is 0 Å². The monoisotopic (exact) mass is 343 g/mol. The average Bonchev–Trinajstić information content (AvgIpc) is 2.87. The zero-order valence-electron chi connectivity index (χ0n) is 12.0. The Morgan fingerprint density at radius 1 is 1.10 bits per heavy atom. The Hall–Kier alpha value is -1.81. The molecule has 0 saturated carbocycles. The first-order valence-corrected chi connectivity index (χ1v) is 8.01. The van der Waals surface area contributed by atoms with E-state index >= 15 is 0 Å². The van der Waals surface area contributed by atoms with Crippen molar-refractivity contribution in [1.82, 2.24) is 9.55 Å². The number of aryl methyl sites for hydroxylation is 1. The normalized spacial score (nSPS) is 11.0. The molecular weight excluding hydrogens is 326 g/mol. The average molecular weight is 344 g/mol. The quantitative estimate of drug-likeness (QED) is 0.740. The molecule has 3 nitrogen and oxygen atoms in total. The van der Waals surface area contributed by atoms with Gasteiger partial charge in [-0.1, -0.05) is 31.2 Å². The standard InChI is InChI=1S/C17H18BrN3/c1-2-17-20-15-9-5-6-10-16(15)21(17)12-11-19-14-8-4-3-7-13(14)18/h3-10,19H,2,11-12H2,1H3. The number of nitrogens with one attached hydrogen (secondary N) is 1. The van der Waals surface area contributed by atoms with Crippen molar-refractivity contribution in [2.75, 3.05) is 11.9 Å². The summed E-state index contributed by atoms with van der Waals surface area (Å²) in [6.07, 6.45) is 0.948. The third-order valence-corrected chi connectivity index (χ3v) is 4.27. The van der Waals surface area contributed by atoms with Crippen LogP contribution in [0, 0.1) is 0 Å². The van der Waals surface area contributed by atoms with Gasteiger partial charge in [-0.15, -0.1) is 0 Å². The summed E-state index contributed by atoms with van der Waals surface area (Å²) in [7, 11) is 0.